The van der Waals surface area contributed by atoms with Crippen LogP contribution in [0.25, 0.3) is 0 Å². The minimum absolute atomic E-state index is 0.00723. The molecule has 0 radical (unpaired) electrons. The fraction of sp³-hybridized carbons (Fsp3) is 0.538. The highest BCUT2D eigenvalue weighted by molar-refractivity contribution is 5.78. The maximum absolute atomic E-state index is 12.1. The van der Waals surface area contributed by atoms with E-state index >= 15 is 0 Å². The predicted octanol–water partition coefficient (Wildman–Crippen LogP) is 0.313. The van der Waals surface area contributed by atoms with Crippen molar-refractivity contribution in [2.75, 3.05) is 6.54 Å². The SMILES string of the molecule is O=C(NCCCc1ncc[nH]1)C1CCc2ncnn2C1. The number of rotatable bonds is 5. The van der Waals surface area contributed by atoms with Crippen molar-refractivity contribution in [3.63, 3.8) is 0 Å². The molecule has 2 aromatic heterocycles. The van der Waals surface area contributed by atoms with Crippen molar-refractivity contribution in [1.82, 2.24) is 30.0 Å². The molecule has 1 amide bonds. The summed E-state index contributed by atoms with van der Waals surface area (Å²) in [6.45, 7) is 1.32. The van der Waals surface area contributed by atoms with Gasteiger partial charge in [-0.25, -0.2) is 14.6 Å². The van der Waals surface area contributed by atoms with Gasteiger partial charge in [-0.3, -0.25) is 4.79 Å². The van der Waals surface area contributed by atoms with Gasteiger partial charge in [-0.15, -0.1) is 0 Å². The zero-order valence-electron chi connectivity index (χ0n) is 11.2. The van der Waals surface area contributed by atoms with E-state index in [4.69, 9.17) is 0 Å². The average molecular weight is 274 g/mol. The molecule has 1 atom stereocenters. The van der Waals surface area contributed by atoms with Crippen LogP contribution in [0.3, 0.4) is 0 Å². The maximum Gasteiger partial charge on any atom is 0.224 e. The van der Waals surface area contributed by atoms with Gasteiger partial charge in [-0.1, -0.05) is 0 Å². The number of hydrogen-bond donors (Lipinski definition) is 2. The van der Waals surface area contributed by atoms with Crippen molar-refractivity contribution < 1.29 is 4.79 Å². The summed E-state index contributed by atoms with van der Waals surface area (Å²) in [5.41, 5.74) is 0. The Kier molecular flexibility index (Phi) is 3.76. The second-order valence-electron chi connectivity index (χ2n) is 5.02. The third-order valence-corrected chi connectivity index (χ3v) is 3.62. The summed E-state index contributed by atoms with van der Waals surface area (Å²) in [6.07, 6.45) is 8.52. The highest BCUT2D eigenvalue weighted by atomic mass is 16.1. The molecule has 0 fully saturated rings. The summed E-state index contributed by atoms with van der Waals surface area (Å²) in [6, 6.07) is 0. The molecule has 0 saturated heterocycles. The molecular weight excluding hydrogens is 256 g/mol. The monoisotopic (exact) mass is 274 g/mol. The maximum atomic E-state index is 12.1. The van der Waals surface area contributed by atoms with E-state index in [1.807, 2.05) is 10.9 Å². The van der Waals surface area contributed by atoms with Crippen LogP contribution in [-0.4, -0.2) is 37.2 Å². The van der Waals surface area contributed by atoms with Gasteiger partial charge in [-0.05, 0) is 12.8 Å². The number of carbonyl (C=O) groups is 1. The highest BCUT2D eigenvalue weighted by Crippen LogP contribution is 2.17. The lowest BCUT2D eigenvalue weighted by atomic mass is 9.99. The summed E-state index contributed by atoms with van der Waals surface area (Å²) >= 11 is 0. The van der Waals surface area contributed by atoms with Gasteiger partial charge in [0, 0.05) is 31.8 Å². The molecule has 1 aliphatic rings. The van der Waals surface area contributed by atoms with Crippen molar-refractivity contribution in [3.05, 3.63) is 30.4 Å². The van der Waals surface area contributed by atoms with Crippen LogP contribution in [0, 0.1) is 5.92 Å². The summed E-state index contributed by atoms with van der Waals surface area (Å²) in [7, 11) is 0. The van der Waals surface area contributed by atoms with Crippen LogP contribution >= 0.6 is 0 Å². The standard InChI is InChI=1S/C13H18N6O/c20-13(16-5-1-2-11-14-6-7-15-11)10-3-4-12-17-9-18-19(12)8-10/h6-7,9-10H,1-5,8H2,(H,14,15)(H,16,20). The fourth-order valence-corrected chi connectivity index (χ4v) is 2.50. The second kappa shape index (κ2) is 5.85. The normalized spacial score (nSPS) is 17.7. The van der Waals surface area contributed by atoms with E-state index in [1.165, 1.54) is 0 Å². The third kappa shape index (κ3) is 2.87. The average Bonchev–Trinajstić information content (AvgIpc) is 3.13. The number of nitrogens with zero attached hydrogens (tertiary/aromatic N) is 4. The largest absolute Gasteiger partial charge is 0.356 e. The molecule has 0 bridgehead atoms. The molecule has 0 spiro atoms. The summed E-state index contributed by atoms with van der Waals surface area (Å²) in [4.78, 5) is 23.5. The molecule has 0 saturated carbocycles. The topological polar surface area (TPSA) is 88.5 Å². The van der Waals surface area contributed by atoms with E-state index in [2.05, 4.69) is 25.4 Å². The van der Waals surface area contributed by atoms with Gasteiger partial charge in [-0.2, -0.15) is 5.10 Å². The van der Waals surface area contributed by atoms with Crippen LogP contribution in [0.15, 0.2) is 18.7 Å². The first kappa shape index (κ1) is 12.8. The Hall–Kier alpha value is -2.18. The molecular formula is C13H18N6O. The van der Waals surface area contributed by atoms with Crippen LogP contribution in [0.2, 0.25) is 0 Å². The number of fused-ring (bicyclic) bond motifs is 1. The molecule has 3 rings (SSSR count). The third-order valence-electron chi connectivity index (χ3n) is 3.62. The van der Waals surface area contributed by atoms with Gasteiger partial charge in [0.05, 0.1) is 12.5 Å². The van der Waals surface area contributed by atoms with Gasteiger partial charge in [0.1, 0.15) is 18.0 Å². The molecule has 0 aliphatic carbocycles. The first-order valence-electron chi connectivity index (χ1n) is 6.95. The Labute approximate surface area is 116 Å². The smallest absolute Gasteiger partial charge is 0.224 e. The van der Waals surface area contributed by atoms with Crippen molar-refractivity contribution in [1.29, 1.82) is 0 Å². The van der Waals surface area contributed by atoms with Crippen LogP contribution in [0.4, 0.5) is 0 Å². The molecule has 0 aromatic carbocycles. The minimum atomic E-state index is 0.00723. The minimum Gasteiger partial charge on any atom is -0.356 e. The Balaban J connectivity index is 1.41. The van der Waals surface area contributed by atoms with Crippen LogP contribution in [0.5, 0.6) is 0 Å². The number of hydrogen-bond acceptors (Lipinski definition) is 4. The number of imidazole rings is 1. The zero-order chi connectivity index (χ0) is 13.8. The van der Waals surface area contributed by atoms with E-state index in [0.29, 0.717) is 13.1 Å². The lowest BCUT2D eigenvalue weighted by Gasteiger charge is -2.21. The van der Waals surface area contributed by atoms with Gasteiger partial charge in [0.15, 0.2) is 0 Å². The summed E-state index contributed by atoms with van der Waals surface area (Å²) in [5, 5.41) is 7.13. The van der Waals surface area contributed by atoms with E-state index < -0.39 is 0 Å². The van der Waals surface area contributed by atoms with Crippen molar-refractivity contribution in [2.45, 2.75) is 32.2 Å². The first-order chi connectivity index (χ1) is 9.83. The number of amides is 1. The predicted molar refractivity (Wildman–Crippen MR) is 71.8 cm³/mol. The fourth-order valence-electron chi connectivity index (χ4n) is 2.50. The lowest BCUT2D eigenvalue weighted by molar-refractivity contribution is -0.126. The van der Waals surface area contributed by atoms with E-state index in [1.54, 1.807) is 12.5 Å². The van der Waals surface area contributed by atoms with Gasteiger partial charge in [0.2, 0.25) is 5.91 Å². The van der Waals surface area contributed by atoms with Crippen molar-refractivity contribution in [2.24, 2.45) is 5.92 Å². The van der Waals surface area contributed by atoms with Crippen LogP contribution in [0.1, 0.15) is 24.5 Å². The second-order valence-corrected chi connectivity index (χ2v) is 5.02. The summed E-state index contributed by atoms with van der Waals surface area (Å²) in [5.74, 6) is 2.06. The molecule has 1 aliphatic heterocycles. The van der Waals surface area contributed by atoms with Gasteiger partial charge < -0.3 is 10.3 Å². The van der Waals surface area contributed by atoms with Gasteiger partial charge in [0.25, 0.3) is 0 Å². The Morgan fingerprint density at radius 2 is 2.45 bits per heavy atom. The molecule has 1 unspecified atom stereocenters. The van der Waals surface area contributed by atoms with Crippen LogP contribution < -0.4 is 5.32 Å². The molecule has 2 aromatic rings. The number of H-pyrrole nitrogens is 1. The van der Waals surface area contributed by atoms with Gasteiger partial charge >= 0.3 is 0 Å². The molecule has 20 heavy (non-hydrogen) atoms. The van der Waals surface area contributed by atoms with Crippen molar-refractivity contribution >= 4 is 5.91 Å². The number of carbonyl (C=O) groups excluding carboxylic acids is 1. The molecule has 7 heteroatoms. The first-order valence-corrected chi connectivity index (χ1v) is 6.95. The lowest BCUT2D eigenvalue weighted by Crippen LogP contribution is -2.36. The quantitative estimate of drug-likeness (QED) is 0.768. The molecule has 2 N–H and O–H groups in total. The van der Waals surface area contributed by atoms with E-state index in [9.17, 15) is 4.79 Å². The number of aromatic amines is 1. The molecule has 106 valence electrons. The molecule has 7 nitrogen and oxygen atoms in total. The summed E-state index contributed by atoms with van der Waals surface area (Å²) < 4.78 is 1.83. The number of aromatic nitrogens is 5. The van der Waals surface area contributed by atoms with E-state index in [-0.39, 0.29) is 11.8 Å². The molecule has 3 heterocycles. The van der Waals surface area contributed by atoms with Crippen molar-refractivity contribution in [3.8, 4) is 0 Å². The Bertz CT molecular complexity index is 561. The Morgan fingerprint density at radius 3 is 3.30 bits per heavy atom. The van der Waals surface area contributed by atoms with E-state index in [0.717, 1.165) is 37.3 Å². The number of nitrogens with one attached hydrogen (secondary N) is 2. The van der Waals surface area contributed by atoms with Crippen LogP contribution in [-0.2, 0) is 24.2 Å². The Morgan fingerprint density at radius 1 is 1.50 bits per heavy atom. The highest BCUT2D eigenvalue weighted by Gasteiger charge is 2.25. The number of aryl methyl sites for hydroxylation is 2. The zero-order valence-corrected chi connectivity index (χ0v) is 11.2.